The number of aliphatic carboxylic acids is 1. The third-order valence-corrected chi connectivity index (χ3v) is 3.15. The summed E-state index contributed by atoms with van der Waals surface area (Å²) in [7, 11) is 2.30. The lowest BCUT2D eigenvalue weighted by molar-refractivity contribution is -0.880. The topological polar surface area (TPSA) is 44.6 Å². The Morgan fingerprint density at radius 3 is 1.68 bits per heavy atom. The number of carboxylic acid groups (broad SMARTS) is 1. The van der Waals surface area contributed by atoms with E-state index in [-0.39, 0.29) is 6.42 Å². The van der Waals surface area contributed by atoms with Crippen LogP contribution in [0.5, 0.6) is 0 Å². The van der Waals surface area contributed by atoms with Crippen molar-refractivity contribution in [1.82, 2.24) is 0 Å². The van der Waals surface area contributed by atoms with Crippen LogP contribution in [0.25, 0.3) is 0 Å². The molecule has 0 aromatic heterocycles. The number of quaternary nitrogens is 1. The molecule has 0 unspecified atom stereocenters. The molecular formula is C16H35NO2. The summed E-state index contributed by atoms with van der Waals surface area (Å²) in [6.45, 7) is 9.33. The van der Waals surface area contributed by atoms with Crippen molar-refractivity contribution in [2.75, 3.05) is 20.1 Å². The van der Waals surface area contributed by atoms with E-state index in [0.717, 1.165) is 25.7 Å². The molecule has 0 amide bonds. The van der Waals surface area contributed by atoms with E-state index < -0.39 is 5.97 Å². The normalized spacial score (nSPS) is 10.2. The van der Waals surface area contributed by atoms with Gasteiger partial charge in [0.1, 0.15) is 0 Å². The minimum atomic E-state index is -0.925. The molecule has 0 heterocycles. The summed E-state index contributed by atoms with van der Waals surface area (Å²) in [4.78, 5) is 11.5. The van der Waals surface area contributed by atoms with Gasteiger partial charge < -0.3 is 14.8 Å². The van der Waals surface area contributed by atoms with Crippen LogP contribution in [0.4, 0.5) is 0 Å². The summed E-state index contributed by atoms with van der Waals surface area (Å²) in [6.07, 6.45) is 9.74. The van der Waals surface area contributed by atoms with Crippen LogP contribution in [0.3, 0.4) is 0 Å². The third kappa shape index (κ3) is 23.0. The molecule has 0 saturated heterocycles. The highest BCUT2D eigenvalue weighted by molar-refractivity contribution is 5.63. The predicted molar refractivity (Wildman–Crippen MR) is 80.2 cm³/mol. The molecule has 0 aromatic carbocycles. The van der Waals surface area contributed by atoms with Crippen molar-refractivity contribution in [1.29, 1.82) is 0 Å². The predicted octanol–water partition coefficient (Wildman–Crippen LogP) is 1.81. The number of nitrogens with one attached hydrogen (secondary N) is 1. The van der Waals surface area contributed by atoms with Gasteiger partial charge in [-0.15, -0.1) is 0 Å². The zero-order chi connectivity index (χ0) is 14.9. The Labute approximate surface area is 120 Å². The number of hydrogen-bond donors (Lipinski definition) is 1. The summed E-state index contributed by atoms with van der Waals surface area (Å²) in [5, 5.41) is 9.85. The molecule has 0 atom stereocenters. The van der Waals surface area contributed by atoms with Gasteiger partial charge in [0.05, 0.1) is 20.1 Å². The standard InChI is InChI=1S/C9H21N.C7H14O2/c1-4-6-8-10(3)9-7-5-2;1-2-3-4-5-6-7(8)9/h4-9H2,1-3H3;2-6H2,1H3,(H,8,9). The van der Waals surface area contributed by atoms with Gasteiger partial charge in [-0.1, -0.05) is 52.9 Å². The monoisotopic (exact) mass is 273 g/mol. The van der Waals surface area contributed by atoms with E-state index >= 15 is 0 Å². The molecule has 0 rings (SSSR count). The van der Waals surface area contributed by atoms with Crippen molar-refractivity contribution < 1.29 is 14.8 Å². The fourth-order valence-electron chi connectivity index (χ4n) is 1.78. The molecule has 0 radical (unpaired) electrons. The lowest BCUT2D eigenvalue weighted by Gasteiger charge is -2.11. The molecule has 0 aliphatic carbocycles. The summed E-state index contributed by atoms with van der Waals surface area (Å²) in [5.74, 6) is -0.925. The second kappa shape index (κ2) is 17.4. The van der Waals surface area contributed by atoms with Crippen LogP contribution in [0.15, 0.2) is 0 Å². The molecule has 3 nitrogen and oxygen atoms in total. The second-order valence-electron chi connectivity index (χ2n) is 5.35. The molecule has 3 heteroatoms. The molecule has 0 bridgehead atoms. The van der Waals surface area contributed by atoms with Gasteiger partial charge in [-0.2, -0.15) is 0 Å². The van der Waals surface area contributed by atoms with Gasteiger partial charge in [-0.3, -0.25) is 0 Å². The zero-order valence-electron chi connectivity index (χ0n) is 13.6. The first kappa shape index (κ1) is 20.7. The van der Waals surface area contributed by atoms with Gasteiger partial charge in [0, 0.05) is 5.97 Å². The van der Waals surface area contributed by atoms with E-state index in [0.29, 0.717) is 0 Å². The van der Waals surface area contributed by atoms with Crippen molar-refractivity contribution in [3.8, 4) is 0 Å². The number of carbonyl (C=O) groups excluding carboxylic acids is 1. The molecule has 0 aromatic rings. The average Bonchev–Trinajstić information content (AvgIpc) is 2.39. The van der Waals surface area contributed by atoms with Crippen LogP contribution >= 0.6 is 0 Å². The Bertz CT molecular complexity index is 176. The summed E-state index contributed by atoms with van der Waals surface area (Å²) in [5.41, 5.74) is 0. The lowest BCUT2D eigenvalue weighted by Crippen LogP contribution is -3.08. The highest BCUT2D eigenvalue weighted by Gasteiger charge is 1.97. The van der Waals surface area contributed by atoms with E-state index in [9.17, 15) is 9.90 Å². The Kier molecular flexibility index (Phi) is 19.0. The first-order chi connectivity index (χ1) is 9.08. The van der Waals surface area contributed by atoms with Crippen molar-refractivity contribution in [2.24, 2.45) is 0 Å². The molecular weight excluding hydrogens is 238 g/mol. The highest BCUT2D eigenvalue weighted by atomic mass is 16.4. The summed E-state index contributed by atoms with van der Waals surface area (Å²) >= 11 is 0. The van der Waals surface area contributed by atoms with Crippen LogP contribution < -0.4 is 10.0 Å². The van der Waals surface area contributed by atoms with Crippen LogP contribution in [0.2, 0.25) is 0 Å². The van der Waals surface area contributed by atoms with Crippen LogP contribution in [-0.2, 0) is 4.79 Å². The SMILES string of the molecule is CCCCCCC(=O)[O-].CCCC[NH+](C)CCCC. The zero-order valence-corrected chi connectivity index (χ0v) is 13.6. The highest BCUT2D eigenvalue weighted by Crippen LogP contribution is 2.00. The minimum Gasteiger partial charge on any atom is -0.550 e. The smallest absolute Gasteiger partial charge is 0.0768 e. The Morgan fingerprint density at radius 2 is 1.32 bits per heavy atom. The molecule has 1 N–H and O–H groups in total. The van der Waals surface area contributed by atoms with Crippen LogP contribution in [0, 0.1) is 0 Å². The molecule has 0 saturated carbocycles. The maximum atomic E-state index is 9.85. The molecule has 0 aliphatic rings. The maximum Gasteiger partial charge on any atom is 0.0768 e. The van der Waals surface area contributed by atoms with Gasteiger partial charge >= 0.3 is 0 Å². The second-order valence-corrected chi connectivity index (χ2v) is 5.35. The minimum absolute atomic E-state index is 0.222. The van der Waals surface area contributed by atoms with Crippen molar-refractivity contribution >= 4 is 5.97 Å². The number of carboxylic acids is 1. The quantitative estimate of drug-likeness (QED) is 0.584. The number of hydrogen-bond acceptors (Lipinski definition) is 2. The maximum absolute atomic E-state index is 9.85. The Hall–Kier alpha value is -0.570. The molecule has 19 heavy (non-hydrogen) atoms. The van der Waals surface area contributed by atoms with E-state index in [1.54, 1.807) is 4.90 Å². The molecule has 0 aliphatic heterocycles. The fraction of sp³-hybridized carbons (Fsp3) is 0.938. The van der Waals surface area contributed by atoms with Crippen LogP contribution in [-0.4, -0.2) is 26.1 Å². The lowest BCUT2D eigenvalue weighted by atomic mass is 10.2. The third-order valence-electron chi connectivity index (χ3n) is 3.15. The summed E-state index contributed by atoms with van der Waals surface area (Å²) < 4.78 is 0. The summed E-state index contributed by atoms with van der Waals surface area (Å²) in [6, 6.07) is 0. The van der Waals surface area contributed by atoms with Gasteiger partial charge in [0.2, 0.25) is 0 Å². The number of carbonyl (C=O) groups is 1. The first-order valence-electron chi connectivity index (χ1n) is 8.09. The van der Waals surface area contributed by atoms with E-state index in [1.807, 2.05) is 0 Å². The Balaban J connectivity index is 0. The average molecular weight is 273 g/mol. The first-order valence-corrected chi connectivity index (χ1v) is 8.09. The van der Waals surface area contributed by atoms with Gasteiger partial charge in [-0.25, -0.2) is 0 Å². The molecule has 0 fully saturated rings. The Morgan fingerprint density at radius 1 is 0.842 bits per heavy atom. The van der Waals surface area contributed by atoms with Crippen molar-refractivity contribution in [3.05, 3.63) is 0 Å². The molecule has 116 valence electrons. The van der Waals surface area contributed by atoms with Gasteiger partial charge in [0.15, 0.2) is 0 Å². The van der Waals surface area contributed by atoms with Crippen molar-refractivity contribution in [2.45, 2.75) is 78.6 Å². The van der Waals surface area contributed by atoms with E-state index in [1.165, 1.54) is 38.8 Å². The fourth-order valence-corrected chi connectivity index (χ4v) is 1.78. The number of rotatable bonds is 11. The van der Waals surface area contributed by atoms with E-state index in [4.69, 9.17) is 0 Å². The van der Waals surface area contributed by atoms with Crippen LogP contribution in [0.1, 0.15) is 78.6 Å². The van der Waals surface area contributed by atoms with E-state index in [2.05, 4.69) is 27.8 Å². The van der Waals surface area contributed by atoms with Gasteiger partial charge in [-0.05, 0) is 25.7 Å². The van der Waals surface area contributed by atoms with Gasteiger partial charge in [0.25, 0.3) is 0 Å². The van der Waals surface area contributed by atoms with Crippen molar-refractivity contribution in [3.63, 3.8) is 0 Å². The number of unbranched alkanes of at least 4 members (excludes halogenated alkanes) is 5. The largest absolute Gasteiger partial charge is 0.550 e. The molecule has 0 spiro atoms.